The monoisotopic (exact) mass is 493 g/mol. The highest BCUT2D eigenvalue weighted by Gasteiger charge is 2.29. The molecule has 1 aliphatic carbocycles. The van der Waals surface area contributed by atoms with E-state index in [2.05, 4.69) is 12.6 Å². The fraction of sp³-hybridized carbons (Fsp3) is 0.400. The summed E-state index contributed by atoms with van der Waals surface area (Å²) < 4.78 is 18.3. The Kier molecular flexibility index (Phi) is 8.98. The predicted octanol–water partition coefficient (Wildman–Crippen LogP) is 6.41. The molecule has 192 valence electrons. The largest absolute Gasteiger partial charge is 0.460 e. The van der Waals surface area contributed by atoms with Crippen LogP contribution in [-0.4, -0.2) is 39.0 Å². The summed E-state index contributed by atoms with van der Waals surface area (Å²) in [5.74, 6) is -0.118. The molecule has 1 saturated carbocycles. The van der Waals surface area contributed by atoms with E-state index in [1.807, 2.05) is 36.4 Å². The van der Waals surface area contributed by atoms with Crippen LogP contribution in [0.4, 0.5) is 4.39 Å². The van der Waals surface area contributed by atoms with Crippen molar-refractivity contribution < 1.29 is 24.1 Å². The summed E-state index contributed by atoms with van der Waals surface area (Å²) in [5.41, 5.74) is 4.82. The average molecular weight is 494 g/mol. The average Bonchev–Trinajstić information content (AvgIpc) is 3.62. The van der Waals surface area contributed by atoms with Crippen LogP contribution in [0.2, 0.25) is 0 Å². The van der Waals surface area contributed by atoms with E-state index in [4.69, 9.17) is 14.8 Å². The van der Waals surface area contributed by atoms with E-state index in [1.54, 1.807) is 27.7 Å². The lowest BCUT2D eigenvalue weighted by Crippen LogP contribution is -2.27. The summed E-state index contributed by atoms with van der Waals surface area (Å²) in [6.45, 7) is 10.9. The Morgan fingerprint density at radius 3 is 2.36 bits per heavy atom. The maximum absolute atomic E-state index is 13.3. The number of esters is 1. The molecule has 2 unspecified atom stereocenters. The molecule has 2 N–H and O–H groups in total. The van der Waals surface area contributed by atoms with Gasteiger partial charge < -0.3 is 14.9 Å². The molecule has 2 atom stereocenters. The first-order valence-corrected chi connectivity index (χ1v) is 12.4. The zero-order valence-electron chi connectivity index (χ0n) is 21.5. The van der Waals surface area contributed by atoms with Gasteiger partial charge in [0, 0.05) is 22.4 Å². The van der Waals surface area contributed by atoms with Crippen molar-refractivity contribution in [1.82, 2.24) is 4.98 Å². The molecule has 0 amide bonds. The molecule has 0 saturated heterocycles. The van der Waals surface area contributed by atoms with Gasteiger partial charge in [0.25, 0.3) is 0 Å². The summed E-state index contributed by atoms with van der Waals surface area (Å²) in [5, 5.41) is 19.4. The number of rotatable bonds is 7. The molecule has 36 heavy (non-hydrogen) atoms. The molecular weight excluding hydrogens is 457 g/mol. The van der Waals surface area contributed by atoms with Crippen LogP contribution in [-0.2, 0) is 9.53 Å². The summed E-state index contributed by atoms with van der Waals surface area (Å²) in [6, 6.07) is 14.8. The molecule has 0 bridgehead atoms. The van der Waals surface area contributed by atoms with Crippen LogP contribution in [0.3, 0.4) is 0 Å². The number of aromatic nitrogens is 1. The highest BCUT2D eigenvalue weighted by Crippen LogP contribution is 2.45. The molecule has 1 aliphatic rings. The van der Waals surface area contributed by atoms with Gasteiger partial charge in [-0.1, -0.05) is 43.0 Å². The number of hydrogen-bond donors (Lipinski definition) is 2. The Labute approximate surface area is 212 Å². The standard InChI is InChI=1S/C20H16FN.C10H20O4/c1-2-16-19(13-9-11-15(21)12-10-13)17-5-3-4-6-18(17)22-20(16)14-7-8-14;1-7(11)5-8(12)6-9(13)14-10(2,3)4/h2-6,9-12,14H,1,7-8H2;7-8,11-12H,5-6H2,1-4H3. The molecule has 1 heterocycles. The molecule has 2 aromatic carbocycles. The maximum Gasteiger partial charge on any atom is 0.308 e. The number of para-hydroxylation sites is 1. The van der Waals surface area contributed by atoms with Crippen molar-refractivity contribution in [3.05, 3.63) is 72.2 Å². The minimum Gasteiger partial charge on any atom is -0.460 e. The topological polar surface area (TPSA) is 79.7 Å². The van der Waals surface area contributed by atoms with Crippen LogP contribution < -0.4 is 0 Å². The molecule has 4 rings (SSSR count). The van der Waals surface area contributed by atoms with E-state index >= 15 is 0 Å². The maximum atomic E-state index is 13.3. The molecule has 6 heteroatoms. The number of aliphatic hydroxyl groups is 2. The molecule has 3 aromatic rings. The van der Waals surface area contributed by atoms with Crippen molar-refractivity contribution >= 4 is 22.9 Å². The van der Waals surface area contributed by atoms with E-state index in [0.717, 1.165) is 33.3 Å². The number of carbonyl (C=O) groups excluding carboxylic acids is 1. The zero-order chi connectivity index (χ0) is 26.5. The number of nitrogens with zero attached hydrogens (tertiary/aromatic N) is 1. The SMILES string of the molecule is C=Cc1c(C2CC2)nc2ccccc2c1-c1ccc(F)cc1.CC(O)CC(O)CC(=O)OC(C)(C)C. The first-order chi connectivity index (χ1) is 17.0. The van der Waals surface area contributed by atoms with Gasteiger partial charge in [-0.05, 0) is 70.7 Å². The van der Waals surface area contributed by atoms with E-state index in [0.29, 0.717) is 5.92 Å². The Hall–Kier alpha value is -3.09. The molecule has 1 fully saturated rings. The van der Waals surface area contributed by atoms with Crippen LogP contribution in [0, 0.1) is 5.82 Å². The van der Waals surface area contributed by atoms with Gasteiger partial charge in [-0.25, -0.2) is 4.39 Å². The second-order valence-electron chi connectivity index (χ2n) is 10.3. The van der Waals surface area contributed by atoms with Gasteiger partial charge in [-0.15, -0.1) is 0 Å². The highest BCUT2D eigenvalue weighted by atomic mass is 19.1. The zero-order valence-corrected chi connectivity index (χ0v) is 21.5. The highest BCUT2D eigenvalue weighted by molar-refractivity contribution is 5.99. The van der Waals surface area contributed by atoms with Gasteiger partial charge in [0.15, 0.2) is 0 Å². The third-order valence-electron chi connectivity index (χ3n) is 5.70. The van der Waals surface area contributed by atoms with Gasteiger partial charge in [0.05, 0.1) is 29.8 Å². The van der Waals surface area contributed by atoms with Gasteiger partial charge in [-0.2, -0.15) is 0 Å². The van der Waals surface area contributed by atoms with Gasteiger partial charge in [0.2, 0.25) is 0 Å². The van der Waals surface area contributed by atoms with E-state index in [1.165, 1.54) is 25.0 Å². The number of aliphatic hydroxyl groups excluding tert-OH is 2. The Balaban J connectivity index is 0.000000226. The van der Waals surface area contributed by atoms with Crippen molar-refractivity contribution in [1.29, 1.82) is 0 Å². The van der Waals surface area contributed by atoms with Crippen LogP contribution >= 0.6 is 0 Å². The normalized spacial score (nSPS) is 15.0. The first kappa shape index (κ1) is 27.5. The van der Waals surface area contributed by atoms with Gasteiger partial charge in [-0.3, -0.25) is 9.78 Å². The van der Waals surface area contributed by atoms with E-state index in [9.17, 15) is 14.3 Å². The second-order valence-corrected chi connectivity index (χ2v) is 10.3. The molecule has 0 aliphatic heterocycles. The number of carbonyl (C=O) groups is 1. The molecular formula is C30H36FNO4. The van der Waals surface area contributed by atoms with Crippen molar-refractivity contribution in [2.75, 3.05) is 0 Å². The Morgan fingerprint density at radius 2 is 1.81 bits per heavy atom. The summed E-state index contributed by atoms with van der Waals surface area (Å²) in [4.78, 5) is 16.1. The Bertz CT molecular complexity index is 1190. The van der Waals surface area contributed by atoms with Crippen LogP contribution in [0.25, 0.3) is 28.1 Å². The van der Waals surface area contributed by atoms with Crippen molar-refractivity contribution in [2.45, 2.75) is 77.1 Å². The molecule has 0 spiro atoms. The number of fused-ring (bicyclic) bond motifs is 1. The number of hydrogen-bond acceptors (Lipinski definition) is 5. The Morgan fingerprint density at radius 1 is 1.17 bits per heavy atom. The minimum absolute atomic E-state index is 0.0673. The smallest absolute Gasteiger partial charge is 0.308 e. The lowest BCUT2D eigenvalue weighted by Gasteiger charge is -2.20. The third kappa shape index (κ3) is 7.70. The molecule has 0 radical (unpaired) electrons. The number of halogens is 1. The van der Waals surface area contributed by atoms with Crippen molar-refractivity contribution in [3.8, 4) is 11.1 Å². The summed E-state index contributed by atoms with van der Waals surface area (Å²) in [7, 11) is 0. The van der Waals surface area contributed by atoms with Gasteiger partial charge >= 0.3 is 5.97 Å². The minimum atomic E-state index is -0.829. The third-order valence-corrected chi connectivity index (χ3v) is 5.70. The van der Waals surface area contributed by atoms with Crippen molar-refractivity contribution in [3.63, 3.8) is 0 Å². The van der Waals surface area contributed by atoms with Crippen LogP contribution in [0.5, 0.6) is 0 Å². The van der Waals surface area contributed by atoms with Crippen LogP contribution in [0.15, 0.2) is 55.1 Å². The second kappa shape index (κ2) is 11.8. The number of ether oxygens (including phenoxy) is 1. The lowest BCUT2D eigenvalue weighted by molar-refractivity contribution is -0.157. The quantitative estimate of drug-likeness (QED) is 0.372. The fourth-order valence-electron chi connectivity index (χ4n) is 4.10. The van der Waals surface area contributed by atoms with Crippen molar-refractivity contribution in [2.24, 2.45) is 0 Å². The lowest BCUT2D eigenvalue weighted by atomic mass is 9.93. The van der Waals surface area contributed by atoms with Gasteiger partial charge in [0.1, 0.15) is 11.4 Å². The molecule has 5 nitrogen and oxygen atoms in total. The summed E-state index contributed by atoms with van der Waals surface area (Å²) in [6.07, 6.45) is 2.97. The fourth-order valence-corrected chi connectivity index (χ4v) is 4.10. The van der Waals surface area contributed by atoms with E-state index < -0.39 is 23.8 Å². The van der Waals surface area contributed by atoms with E-state index in [-0.39, 0.29) is 18.7 Å². The predicted molar refractivity (Wildman–Crippen MR) is 142 cm³/mol. The number of pyridine rings is 1. The van der Waals surface area contributed by atoms with Crippen LogP contribution in [0.1, 0.15) is 70.6 Å². The molecule has 1 aromatic heterocycles. The first-order valence-electron chi connectivity index (χ1n) is 12.4. The number of benzene rings is 2. The summed E-state index contributed by atoms with van der Waals surface area (Å²) >= 11 is 0.